The zero-order chi connectivity index (χ0) is 24.5. The van der Waals surface area contributed by atoms with Crippen molar-refractivity contribution >= 4 is 28.5 Å². The van der Waals surface area contributed by atoms with Crippen LogP contribution >= 0.6 is 0 Å². The quantitative estimate of drug-likeness (QED) is 0.393. The number of esters is 1. The number of carbonyl (C=O) groups is 2. The van der Waals surface area contributed by atoms with Gasteiger partial charge in [0.25, 0.3) is 0 Å². The predicted octanol–water partition coefficient (Wildman–Crippen LogP) is 4.74. The SMILES string of the molecule is COc1ccc(-c2oc3cc(C)ccc3c(=O)c2OC(=O)C2CC(=O)N(c3ccccc3)C2)cc1. The number of hydrogen-bond acceptors (Lipinski definition) is 6. The van der Waals surface area contributed by atoms with Crippen molar-refractivity contribution in [1.29, 1.82) is 0 Å². The molecular weight excluding hydrogens is 446 g/mol. The van der Waals surface area contributed by atoms with Gasteiger partial charge in [0, 0.05) is 24.2 Å². The van der Waals surface area contributed by atoms with Gasteiger partial charge in [-0.1, -0.05) is 24.3 Å². The molecule has 0 radical (unpaired) electrons. The Morgan fingerprint density at radius 2 is 1.74 bits per heavy atom. The first-order valence-corrected chi connectivity index (χ1v) is 11.2. The van der Waals surface area contributed by atoms with E-state index in [4.69, 9.17) is 13.9 Å². The van der Waals surface area contributed by atoms with Crippen molar-refractivity contribution in [2.24, 2.45) is 5.92 Å². The lowest BCUT2D eigenvalue weighted by atomic mass is 10.1. The lowest BCUT2D eigenvalue weighted by molar-refractivity contribution is -0.139. The first kappa shape index (κ1) is 22.4. The van der Waals surface area contributed by atoms with E-state index in [0.717, 1.165) is 5.56 Å². The monoisotopic (exact) mass is 469 g/mol. The molecule has 1 aliphatic heterocycles. The summed E-state index contributed by atoms with van der Waals surface area (Å²) in [6, 6.07) is 21.3. The average Bonchev–Trinajstić information content (AvgIpc) is 3.27. The van der Waals surface area contributed by atoms with Crippen LogP contribution < -0.4 is 19.8 Å². The molecule has 7 heteroatoms. The Hall–Kier alpha value is -4.39. The second-order valence-electron chi connectivity index (χ2n) is 8.48. The van der Waals surface area contributed by atoms with Gasteiger partial charge in [0.1, 0.15) is 11.3 Å². The van der Waals surface area contributed by atoms with Crippen molar-refractivity contribution in [2.45, 2.75) is 13.3 Å². The van der Waals surface area contributed by atoms with Crippen LogP contribution in [0.15, 0.2) is 82.0 Å². The molecule has 0 aliphatic carbocycles. The summed E-state index contributed by atoms with van der Waals surface area (Å²) in [5.41, 5.74) is 2.15. The van der Waals surface area contributed by atoms with Gasteiger partial charge in [0.2, 0.25) is 17.1 Å². The fourth-order valence-corrected chi connectivity index (χ4v) is 4.22. The molecule has 7 nitrogen and oxygen atoms in total. The minimum Gasteiger partial charge on any atom is -0.497 e. The largest absolute Gasteiger partial charge is 0.497 e. The van der Waals surface area contributed by atoms with Crippen LogP contribution in [0, 0.1) is 12.8 Å². The Bertz CT molecular complexity index is 1470. The molecule has 1 unspecified atom stereocenters. The molecule has 5 rings (SSSR count). The molecule has 4 aromatic rings. The minimum absolute atomic E-state index is 0.00368. The van der Waals surface area contributed by atoms with E-state index in [1.165, 1.54) is 0 Å². The topological polar surface area (TPSA) is 86.0 Å². The zero-order valence-electron chi connectivity index (χ0n) is 19.3. The van der Waals surface area contributed by atoms with Crippen molar-refractivity contribution in [1.82, 2.24) is 0 Å². The molecule has 1 aromatic heterocycles. The van der Waals surface area contributed by atoms with Crippen LogP contribution in [-0.2, 0) is 9.59 Å². The number of ether oxygens (including phenoxy) is 2. The number of rotatable bonds is 5. The van der Waals surface area contributed by atoms with Crippen LogP contribution in [0.5, 0.6) is 11.5 Å². The molecule has 0 saturated carbocycles. The molecule has 2 heterocycles. The van der Waals surface area contributed by atoms with Gasteiger partial charge in [-0.25, -0.2) is 0 Å². The number of benzene rings is 3. The summed E-state index contributed by atoms with van der Waals surface area (Å²) < 4.78 is 17.0. The van der Waals surface area contributed by atoms with Gasteiger partial charge in [0.05, 0.1) is 18.4 Å². The number of methoxy groups -OCH3 is 1. The third-order valence-corrected chi connectivity index (χ3v) is 6.09. The molecule has 176 valence electrons. The number of amides is 1. The van der Waals surface area contributed by atoms with Gasteiger partial charge >= 0.3 is 5.97 Å². The van der Waals surface area contributed by atoms with Crippen LogP contribution in [0.25, 0.3) is 22.3 Å². The maximum atomic E-state index is 13.4. The Morgan fingerprint density at radius 3 is 2.46 bits per heavy atom. The van der Waals surface area contributed by atoms with E-state index in [9.17, 15) is 14.4 Å². The molecule has 1 atom stereocenters. The summed E-state index contributed by atoms with van der Waals surface area (Å²) >= 11 is 0. The summed E-state index contributed by atoms with van der Waals surface area (Å²) in [6.07, 6.45) is 0.00368. The molecular formula is C28H23NO6. The summed E-state index contributed by atoms with van der Waals surface area (Å²) in [5, 5.41) is 0.309. The molecule has 3 aromatic carbocycles. The average molecular weight is 469 g/mol. The number of fused-ring (bicyclic) bond motifs is 1. The second-order valence-corrected chi connectivity index (χ2v) is 8.48. The van der Waals surface area contributed by atoms with E-state index in [1.54, 1.807) is 54.5 Å². The van der Waals surface area contributed by atoms with Crippen LogP contribution in [0.2, 0.25) is 0 Å². The van der Waals surface area contributed by atoms with Crippen LogP contribution in [0.4, 0.5) is 5.69 Å². The van der Waals surface area contributed by atoms with Gasteiger partial charge in [0.15, 0.2) is 5.76 Å². The maximum Gasteiger partial charge on any atom is 0.316 e. The molecule has 35 heavy (non-hydrogen) atoms. The third-order valence-electron chi connectivity index (χ3n) is 6.09. The van der Waals surface area contributed by atoms with Crippen LogP contribution in [0.3, 0.4) is 0 Å². The van der Waals surface area contributed by atoms with Gasteiger partial charge in [-0.15, -0.1) is 0 Å². The standard InChI is InChI=1S/C28H23NO6/c1-17-8-13-22-23(14-17)34-26(18-9-11-21(33-2)12-10-18)27(25(22)31)35-28(32)19-15-24(30)29(16-19)20-6-4-3-5-7-20/h3-14,19H,15-16H2,1-2H3. The smallest absolute Gasteiger partial charge is 0.316 e. The maximum absolute atomic E-state index is 13.4. The Labute approximate surface area is 201 Å². The number of anilines is 1. The lowest BCUT2D eigenvalue weighted by Crippen LogP contribution is -2.28. The summed E-state index contributed by atoms with van der Waals surface area (Å²) in [4.78, 5) is 40.7. The number of para-hydroxylation sites is 1. The van der Waals surface area contributed by atoms with E-state index in [1.807, 2.05) is 37.3 Å². The predicted molar refractivity (Wildman–Crippen MR) is 132 cm³/mol. The van der Waals surface area contributed by atoms with E-state index in [-0.39, 0.29) is 30.4 Å². The number of nitrogens with zero attached hydrogens (tertiary/aromatic N) is 1. The molecule has 1 aliphatic rings. The molecule has 1 amide bonds. The Balaban J connectivity index is 1.52. The first-order valence-electron chi connectivity index (χ1n) is 11.2. The van der Waals surface area contributed by atoms with Crippen LogP contribution in [0.1, 0.15) is 12.0 Å². The molecule has 1 fully saturated rings. The van der Waals surface area contributed by atoms with Crippen LogP contribution in [-0.4, -0.2) is 25.5 Å². The zero-order valence-corrected chi connectivity index (χ0v) is 19.3. The Morgan fingerprint density at radius 1 is 1.00 bits per heavy atom. The molecule has 0 N–H and O–H groups in total. The first-order chi connectivity index (χ1) is 16.9. The fourth-order valence-electron chi connectivity index (χ4n) is 4.22. The highest BCUT2D eigenvalue weighted by molar-refractivity contribution is 6.00. The van der Waals surface area contributed by atoms with Crippen molar-refractivity contribution in [3.63, 3.8) is 0 Å². The van der Waals surface area contributed by atoms with Gasteiger partial charge in [-0.2, -0.15) is 0 Å². The number of aryl methyl sites for hydroxylation is 1. The highest BCUT2D eigenvalue weighted by atomic mass is 16.5. The second kappa shape index (κ2) is 9.10. The Kier molecular flexibility index (Phi) is 5.82. The van der Waals surface area contributed by atoms with E-state index < -0.39 is 17.3 Å². The van der Waals surface area contributed by atoms with Crippen molar-refractivity contribution in [3.8, 4) is 22.8 Å². The van der Waals surface area contributed by atoms with E-state index >= 15 is 0 Å². The molecule has 0 spiro atoms. The molecule has 0 bridgehead atoms. The van der Waals surface area contributed by atoms with Crippen molar-refractivity contribution < 1.29 is 23.5 Å². The van der Waals surface area contributed by atoms with Gasteiger partial charge < -0.3 is 18.8 Å². The normalized spacial score (nSPS) is 15.4. The van der Waals surface area contributed by atoms with E-state index in [0.29, 0.717) is 28.0 Å². The minimum atomic E-state index is -0.709. The van der Waals surface area contributed by atoms with E-state index in [2.05, 4.69) is 0 Å². The highest BCUT2D eigenvalue weighted by Gasteiger charge is 2.37. The fraction of sp³-hybridized carbons (Fsp3) is 0.179. The number of hydrogen-bond donors (Lipinski definition) is 0. The van der Waals surface area contributed by atoms with Gasteiger partial charge in [-0.05, 0) is 61.0 Å². The summed E-state index contributed by atoms with van der Waals surface area (Å²) in [5.74, 6) is -0.938. The summed E-state index contributed by atoms with van der Waals surface area (Å²) in [7, 11) is 1.56. The molecule has 1 saturated heterocycles. The number of carbonyl (C=O) groups excluding carboxylic acids is 2. The third kappa shape index (κ3) is 4.28. The van der Waals surface area contributed by atoms with Crippen molar-refractivity contribution in [3.05, 3.63) is 88.6 Å². The summed E-state index contributed by atoms with van der Waals surface area (Å²) in [6.45, 7) is 2.08. The van der Waals surface area contributed by atoms with Gasteiger partial charge in [-0.3, -0.25) is 14.4 Å². The highest BCUT2D eigenvalue weighted by Crippen LogP contribution is 2.34. The van der Waals surface area contributed by atoms with Crippen molar-refractivity contribution in [2.75, 3.05) is 18.6 Å². The lowest BCUT2D eigenvalue weighted by Gasteiger charge is -2.16.